The highest BCUT2D eigenvalue weighted by molar-refractivity contribution is 7.92. The van der Waals surface area contributed by atoms with Gasteiger partial charge in [-0.15, -0.1) is 0 Å². The lowest BCUT2D eigenvalue weighted by Crippen LogP contribution is -2.15. The van der Waals surface area contributed by atoms with Gasteiger partial charge in [0.05, 0.1) is 10.6 Å². The van der Waals surface area contributed by atoms with Crippen LogP contribution in [0.4, 0.5) is 11.4 Å². The number of ether oxygens (including phenoxy) is 2. The Labute approximate surface area is 181 Å². The van der Waals surface area contributed by atoms with Gasteiger partial charge in [-0.05, 0) is 66.9 Å². The van der Waals surface area contributed by atoms with Gasteiger partial charge in [0.25, 0.3) is 10.0 Å². The number of rotatable bonds is 7. The lowest BCUT2D eigenvalue weighted by atomic mass is 10.1. The van der Waals surface area contributed by atoms with Crippen LogP contribution in [0.2, 0.25) is 0 Å². The number of benzene rings is 3. The molecule has 0 atom stereocenters. The molecule has 0 spiro atoms. The number of carbonyl (C=O) groups is 1. The first-order valence-corrected chi connectivity index (χ1v) is 11.3. The van der Waals surface area contributed by atoms with Gasteiger partial charge in [-0.2, -0.15) is 0 Å². The van der Waals surface area contributed by atoms with Crippen LogP contribution in [0.3, 0.4) is 0 Å². The number of nitrogens with one attached hydrogen (secondary N) is 2. The molecule has 0 radical (unpaired) electrons. The quantitative estimate of drug-likeness (QED) is 0.579. The van der Waals surface area contributed by atoms with Crippen LogP contribution in [0.15, 0.2) is 71.6 Å². The van der Waals surface area contributed by atoms with Crippen molar-refractivity contribution in [3.05, 3.63) is 77.9 Å². The molecule has 0 bridgehead atoms. The molecule has 0 saturated heterocycles. The topological polar surface area (TPSA) is 93.7 Å². The number of sulfonamides is 1. The molecule has 0 unspecified atom stereocenters. The van der Waals surface area contributed by atoms with Crippen molar-refractivity contribution in [3.8, 4) is 11.5 Å². The predicted octanol–water partition coefficient (Wildman–Crippen LogP) is 4.10. The predicted molar refractivity (Wildman–Crippen MR) is 118 cm³/mol. The van der Waals surface area contributed by atoms with Crippen LogP contribution in [0.25, 0.3) is 0 Å². The van der Waals surface area contributed by atoms with Gasteiger partial charge in [0.15, 0.2) is 11.5 Å². The largest absolute Gasteiger partial charge is 0.454 e. The lowest BCUT2D eigenvalue weighted by molar-refractivity contribution is -0.116. The maximum atomic E-state index is 12.6. The first kappa shape index (κ1) is 20.7. The molecule has 31 heavy (non-hydrogen) atoms. The molecule has 160 valence electrons. The molecule has 0 saturated carbocycles. The van der Waals surface area contributed by atoms with E-state index in [-0.39, 0.29) is 24.0 Å². The van der Waals surface area contributed by atoms with Crippen molar-refractivity contribution in [2.24, 2.45) is 0 Å². The Morgan fingerprint density at radius 1 is 0.968 bits per heavy atom. The van der Waals surface area contributed by atoms with Gasteiger partial charge < -0.3 is 14.8 Å². The van der Waals surface area contributed by atoms with Gasteiger partial charge in [0.2, 0.25) is 12.7 Å². The fourth-order valence-corrected chi connectivity index (χ4v) is 4.32. The summed E-state index contributed by atoms with van der Waals surface area (Å²) in [5.74, 6) is 1.24. The highest BCUT2D eigenvalue weighted by Gasteiger charge is 2.16. The minimum Gasteiger partial charge on any atom is -0.454 e. The van der Waals surface area contributed by atoms with E-state index < -0.39 is 10.0 Å². The third-order valence-corrected chi connectivity index (χ3v) is 6.30. The fourth-order valence-electron chi connectivity index (χ4n) is 3.19. The van der Waals surface area contributed by atoms with Crippen molar-refractivity contribution in [2.45, 2.75) is 24.7 Å². The van der Waals surface area contributed by atoms with E-state index in [0.717, 1.165) is 11.1 Å². The van der Waals surface area contributed by atoms with Crippen LogP contribution in [0.1, 0.15) is 17.5 Å². The molecule has 1 aliphatic rings. The van der Waals surface area contributed by atoms with Crippen molar-refractivity contribution in [2.75, 3.05) is 16.8 Å². The van der Waals surface area contributed by atoms with E-state index >= 15 is 0 Å². The molecule has 2 N–H and O–H groups in total. The van der Waals surface area contributed by atoms with Crippen molar-refractivity contribution in [3.63, 3.8) is 0 Å². The number of anilines is 2. The van der Waals surface area contributed by atoms with E-state index in [4.69, 9.17) is 9.47 Å². The number of para-hydroxylation sites is 1. The van der Waals surface area contributed by atoms with Gasteiger partial charge >= 0.3 is 0 Å². The van der Waals surface area contributed by atoms with Crippen LogP contribution < -0.4 is 19.5 Å². The summed E-state index contributed by atoms with van der Waals surface area (Å²) in [5.41, 5.74) is 2.87. The van der Waals surface area contributed by atoms with E-state index in [1.165, 1.54) is 12.1 Å². The van der Waals surface area contributed by atoms with E-state index in [9.17, 15) is 13.2 Å². The van der Waals surface area contributed by atoms with Crippen molar-refractivity contribution in [1.82, 2.24) is 0 Å². The van der Waals surface area contributed by atoms with Gasteiger partial charge in [-0.1, -0.05) is 24.3 Å². The Bertz CT molecular complexity index is 1210. The summed E-state index contributed by atoms with van der Waals surface area (Å²) in [6, 6.07) is 18.8. The summed E-state index contributed by atoms with van der Waals surface area (Å²) in [6.45, 7) is 2.05. The van der Waals surface area contributed by atoms with E-state index in [0.29, 0.717) is 29.3 Å². The summed E-state index contributed by atoms with van der Waals surface area (Å²) in [5, 5.41) is 2.79. The molecule has 0 aromatic heterocycles. The van der Waals surface area contributed by atoms with Crippen molar-refractivity contribution in [1.29, 1.82) is 0 Å². The number of hydrogen-bond acceptors (Lipinski definition) is 5. The summed E-state index contributed by atoms with van der Waals surface area (Å²) in [6.07, 6.45) is 0.837. The minimum absolute atomic E-state index is 0.120. The Morgan fingerprint density at radius 3 is 2.48 bits per heavy atom. The highest BCUT2D eigenvalue weighted by Crippen LogP contribution is 2.32. The second kappa shape index (κ2) is 8.69. The normalized spacial score (nSPS) is 12.4. The average molecular weight is 439 g/mol. The van der Waals surface area contributed by atoms with Crippen molar-refractivity contribution >= 4 is 27.3 Å². The smallest absolute Gasteiger partial charge is 0.261 e. The van der Waals surface area contributed by atoms with Gasteiger partial charge in [-0.25, -0.2) is 8.42 Å². The van der Waals surface area contributed by atoms with Crippen LogP contribution in [-0.4, -0.2) is 21.1 Å². The average Bonchev–Trinajstić information content (AvgIpc) is 3.22. The highest BCUT2D eigenvalue weighted by atomic mass is 32.2. The number of aryl methyl sites for hydroxylation is 2. The molecule has 1 aliphatic heterocycles. The molecular weight excluding hydrogens is 416 g/mol. The molecule has 0 aliphatic carbocycles. The minimum atomic E-state index is -3.72. The number of amides is 1. The second-order valence-electron chi connectivity index (χ2n) is 7.18. The zero-order valence-corrected chi connectivity index (χ0v) is 17.7. The molecule has 8 heteroatoms. The van der Waals surface area contributed by atoms with Gasteiger partial charge in [0, 0.05) is 12.1 Å². The van der Waals surface area contributed by atoms with Gasteiger partial charge in [-0.3, -0.25) is 9.52 Å². The number of hydrogen-bond donors (Lipinski definition) is 2. The SMILES string of the molecule is Cc1ccccc1NS(=O)(=O)c1ccc(NC(=O)CCc2ccc3c(c2)OCO3)cc1. The maximum Gasteiger partial charge on any atom is 0.261 e. The summed E-state index contributed by atoms with van der Waals surface area (Å²) in [4.78, 5) is 12.4. The molecular formula is C23H22N2O5S. The summed E-state index contributed by atoms with van der Waals surface area (Å²) >= 11 is 0. The molecule has 7 nitrogen and oxygen atoms in total. The first-order chi connectivity index (χ1) is 14.9. The number of fused-ring (bicyclic) bond motifs is 1. The molecule has 1 amide bonds. The zero-order chi connectivity index (χ0) is 21.8. The molecule has 0 fully saturated rings. The molecule has 1 heterocycles. The Kier molecular flexibility index (Phi) is 5.81. The molecule has 4 rings (SSSR count). The third-order valence-electron chi connectivity index (χ3n) is 4.92. The van der Waals surface area contributed by atoms with Crippen molar-refractivity contribution < 1.29 is 22.7 Å². The van der Waals surface area contributed by atoms with Crippen LogP contribution in [0, 0.1) is 6.92 Å². The van der Waals surface area contributed by atoms with E-state index in [1.807, 2.05) is 37.3 Å². The third kappa shape index (κ3) is 4.97. The number of carbonyl (C=O) groups excluding carboxylic acids is 1. The summed E-state index contributed by atoms with van der Waals surface area (Å²) < 4.78 is 38.4. The zero-order valence-electron chi connectivity index (χ0n) is 16.9. The molecule has 3 aromatic carbocycles. The Hall–Kier alpha value is -3.52. The van der Waals surface area contributed by atoms with E-state index in [1.54, 1.807) is 24.3 Å². The first-order valence-electron chi connectivity index (χ1n) is 9.78. The monoisotopic (exact) mass is 438 g/mol. The van der Waals surface area contributed by atoms with E-state index in [2.05, 4.69) is 10.0 Å². The van der Waals surface area contributed by atoms with Crippen LogP contribution >= 0.6 is 0 Å². The van der Waals surface area contributed by atoms with Crippen LogP contribution in [0.5, 0.6) is 11.5 Å². The molecule has 3 aromatic rings. The Balaban J connectivity index is 1.34. The maximum absolute atomic E-state index is 12.6. The van der Waals surface area contributed by atoms with Crippen LogP contribution in [-0.2, 0) is 21.2 Å². The Morgan fingerprint density at radius 2 is 1.71 bits per heavy atom. The fraction of sp³-hybridized carbons (Fsp3) is 0.174. The summed E-state index contributed by atoms with van der Waals surface area (Å²) in [7, 11) is -3.72. The lowest BCUT2D eigenvalue weighted by Gasteiger charge is -2.11. The standard InChI is InChI=1S/C23H22N2O5S/c1-16-4-2-3-5-20(16)25-31(27,28)19-10-8-18(9-11-19)24-23(26)13-7-17-6-12-21-22(14-17)30-15-29-21/h2-6,8-12,14,25H,7,13,15H2,1H3,(H,24,26). The second-order valence-corrected chi connectivity index (χ2v) is 8.86. The van der Waals surface area contributed by atoms with Gasteiger partial charge in [0.1, 0.15) is 0 Å².